The van der Waals surface area contributed by atoms with E-state index in [4.69, 9.17) is 5.11 Å². The van der Waals surface area contributed by atoms with E-state index in [2.05, 4.69) is 5.32 Å². The number of carboxylic acids is 1. The van der Waals surface area contributed by atoms with E-state index in [9.17, 15) is 14.0 Å². The Morgan fingerprint density at radius 2 is 1.78 bits per heavy atom. The maximum atomic E-state index is 13.1. The van der Waals surface area contributed by atoms with Crippen molar-refractivity contribution >= 4 is 11.9 Å². The first kappa shape index (κ1) is 16.7. The average molecular weight is 315 g/mol. The fourth-order valence-electron chi connectivity index (χ4n) is 2.39. The molecule has 0 unspecified atom stereocenters. The molecule has 0 bridgehead atoms. The summed E-state index contributed by atoms with van der Waals surface area (Å²) in [5, 5.41) is 11.7. The number of benzene rings is 2. The number of carboxylic acid groups (broad SMARTS) is 1. The third-order valence-corrected chi connectivity index (χ3v) is 3.50. The number of nitrogens with one attached hydrogen (secondary N) is 1. The highest BCUT2D eigenvalue weighted by Crippen LogP contribution is 2.23. The Morgan fingerprint density at radius 3 is 2.43 bits per heavy atom. The lowest BCUT2D eigenvalue weighted by molar-refractivity contribution is -0.137. The number of aliphatic carboxylic acids is 1. The van der Waals surface area contributed by atoms with Crippen LogP contribution in [0.25, 0.3) is 0 Å². The van der Waals surface area contributed by atoms with Crippen LogP contribution in [0.3, 0.4) is 0 Å². The van der Waals surface area contributed by atoms with Crippen molar-refractivity contribution in [3.8, 4) is 0 Å². The van der Waals surface area contributed by atoms with Crippen molar-refractivity contribution in [3.05, 3.63) is 71.5 Å². The second-order valence-electron chi connectivity index (χ2n) is 5.32. The first-order chi connectivity index (χ1) is 11.0. The lowest BCUT2D eigenvalue weighted by Crippen LogP contribution is -2.25. The molecule has 1 amide bonds. The Labute approximate surface area is 134 Å². The Balaban J connectivity index is 1.96. The topological polar surface area (TPSA) is 66.4 Å². The van der Waals surface area contributed by atoms with E-state index in [0.717, 1.165) is 5.56 Å². The van der Waals surface area contributed by atoms with E-state index >= 15 is 0 Å². The fourth-order valence-corrected chi connectivity index (χ4v) is 2.39. The van der Waals surface area contributed by atoms with Gasteiger partial charge in [-0.25, -0.2) is 4.39 Å². The van der Waals surface area contributed by atoms with Gasteiger partial charge in [-0.1, -0.05) is 42.5 Å². The maximum Gasteiger partial charge on any atom is 0.303 e. The number of carbonyl (C=O) groups excluding carboxylic acids is 1. The molecule has 2 rings (SSSR count). The van der Waals surface area contributed by atoms with Gasteiger partial charge in [0.15, 0.2) is 0 Å². The highest BCUT2D eigenvalue weighted by Gasteiger charge is 2.19. The van der Waals surface area contributed by atoms with E-state index < -0.39 is 5.97 Å². The number of carbonyl (C=O) groups is 2. The van der Waals surface area contributed by atoms with Gasteiger partial charge >= 0.3 is 5.97 Å². The molecular formula is C18H18FNO3. The van der Waals surface area contributed by atoms with Gasteiger partial charge in [0.1, 0.15) is 5.82 Å². The van der Waals surface area contributed by atoms with Crippen molar-refractivity contribution in [2.24, 2.45) is 0 Å². The Hall–Kier alpha value is -2.69. The predicted molar refractivity (Wildman–Crippen MR) is 84.3 cm³/mol. The third kappa shape index (κ3) is 5.54. The molecule has 2 aromatic carbocycles. The standard InChI is InChI=1S/C18H18FNO3/c19-16-8-4-5-13(9-16)12-20-17(21)10-15(11-18(22)23)14-6-2-1-3-7-14/h1-9,15H,10-12H2,(H,20,21)(H,22,23)/t15-/m1/s1. The molecule has 0 spiro atoms. The van der Waals surface area contributed by atoms with Gasteiger partial charge in [0.25, 0.3) is 0 Å². The van der Waals surface area contributed by atoms with Gasteiger partial charge in [-0.05, 0) is 23.3 Å². The first-order valence-electron chi connectivity index (χ1n) is 7.32. The quantitative estimate of drug-likeness (QED) is 0.825. The molecule has 1 atom stereocenters. The highest BCUT2D eigenvalue weighted by atomic mass is 19.1. The Morgan fingerprint density at radius 1 is 1.04 bits per heavy atom. The zero-order valence-electron chi connectivity index (χ0n) is 12.5. The molecule has 5 heteroatoms. The smallest absolute Gasteiger partial charge is 0.303 e. The number of hydrogen-bond acceptors (Lipinski definition) is 2. The average Bonchev–Trinajstić information content (AvgIpc) is 2.53. The Bertz CT molecular complexity index is 673. The minimum atomic E-state index is -0.947. The van der Waals surface area contributed by atoms with Gasteiger partial charge in [-0.3, -0.25) is 9.59 Å². The third-order valence-electron chi connectivity index (χ3n) is 3.50. The molecule has 0 aliphatic rings. The minimum absolute atomic E-state index is 0.0750. The predicted octanol–water partition coefficient (Wildman–Crippen LogP) is 3.09. The molecule has 0 radical (unpaired) electrons. The molecule has 120 valence electrons. The second kappa shape index (κ2) is 8.08. The number of hydrogen-bond donors (Lipinski definition) is 2. The molecule has 4 nitrogen and oxygen atoms in total. The molecule has 2 N–H and O–H groups in total. The zero-order chi connectivity index (χ0) is 16.7. The zero-order valence-corrected chi connectivity index (χ0v) is 12.5. The first-order valence-corrected chi connectivity index (χ1v) is 7.32. The number of amides is 1. The van der Waals surface area contributed by atoms with Crippen LogP contribution in [0.5, 0.6) is 0 Å². The van der Waals surface area contributed by atoms with Gasteiger partial charge in [0.05, 0.1) is 6.42 Å². The number of rotatable bonds is 7. The van der Waals surface area contributed by atoms with Gasteiger partial charge in [-0.2, -0.15) is 0 Å². The van der Waals surface area contributed by atoms with Crippen LogP contribution < -0.4 is 5.32 Å². The van der Waals surface area contributed by atoms with E-state index in [1.807, 2.05) is 30.3 Å². The summed E-state index contributed by atoms with van der Waals surface area (Å²) in [4.78, 5) is 23.1. The van der Waals surface area contributed by atoms with Crippen LogP contribution in [-0.2, 0) is 16.1 Å². The van der Waals surface area contributed by atoms with Gasteiger partial charge in [0.2, 0.25) is 5.91 Å². The summed E-state index contributed by atoms with van der Waals surface area (Å²) in [5.41, 5.74) is 1.48. The van der Waals surface area contributed by atoms with Crippen LogP contribution in [0.1, 0.15) is 29.9 Å². The van der Waals surface area contributed by atoms with Gasteiger partial charge in [0, 0.05) is 18.9 Å². The number of halogens is 1. The van der Waals surface area contributed by atoms with E-state index in [-0.39, 0.29) is 37.0 Å². The van der Waals surface area contributed by atoms with Crippen LogP contribution in [0.4, 0.5) is 4.39 Å². The lowest BCUT2D eigenvalue weighted by Gasteiger charge is -2.15. The summed E-state index contributed by atoms with van der Waals surface area (Å²) >= 11 is 0. The molecule has 0 aliphatic carbocycles. The molecule has 2 aromatic rings. The normalized spacial score (nSPS) is 11.7. The van der Waals surface area contributed by atoms with E-state index in [1.54, 1.807) is 12.1 Å². The van der Waals surface area contributed by atoms with Crippen LogP contribution in [-0.4, -0.2) is 17.0 Å². The van der Waals surface area contributed by atoms with Crippen molar-refractivity contribution in [3.63, 3.8) is 0 Å². The lowest BCUT2D eigenvalue weighted by atomic mass is 9.92. The van der Waals surface area contributed by atoms with Crippen LogP contribution in [0.15, 0.2) is 54.6 Å². The summed E-state index contributed by atoms with van der Waals surface area (Å²) in [6, 6.07) is 15.1. The van der Waals surface area contributed by atoms with E-state index in [1.165, 1.54) is 12.1 Å². The molecule has 0 saturated carbocycles. The second-order valence-corrected chi connectivity index (χ2v) is 5.32. The molecule has 0 heterocycles. The summed E-state index contributed by atoms with van der Waals surface area (Å²) in [5.74, 6) is -1.95. The molecule has 0 aromatic heterocycles. The summed E-state index contributed by atoms with van der Waals surface area (Å²) < 4.78 is 13.1. The molecule has 0 fully saturated rings. The van der Waals surface area contributed by atoms with Crippen LogP contribution in [0, 0.1) is 5.82 Å². The molecule has 0 aliphatic heterocycles. The van der Waals surface area contributed by atoms with E-state index in [0.29, 0.717) is 5.56 Å². The molecular weight excluding hydrogens is 297 g/mol. The maximum absolute atomic E-state index is 13.1. The van der Waals surface area contributed by atoms with Crippen molar-refractivity contribution in [2.45, 2.75) is 25.3 Å². The highest BCUT2D eigenvalue weighted by molar-refractivity contribution is 5.78. The van der Waals surface area contributed by atoms with Crippen molar-refractivity contribution in [1.29, 1.82) is 0 Å². The van der Waals surface area contributed by atoms with Crippen LogP contribution >= 0.6 is 0 Å². The van der Waals surface area contributed by atoms with Gasteiger partial charge < -0.3 is 10.4 Å². The van der Waals surface area contributed by atoms with Crippen molar-refractivity contribution in [1.82, 2.24) is 5.32 Å². The van der Waals surface area contributed by atoms with Crippen LogP contribution in [0.2, 0.25) is 0 Å². The minimum Gasteiger partial charge on any atom is -0.481 e. The largest absolute Gasteiger partial charge is 0.481 e. The van der Waals surface area contributed by atoms with Gasteiger partial charge in [-0.15, -0.1) is 0 Å². The van der Waals surface area contributed by atoms with Crippen molar-refractivity contribution in [2.75, 3.05) is 0 Å². The van der Waals surface area contributed by atoms with Crippen molar-refractivity contribution < 1.29 is 19.1 Å². The SMILES string of the molecule is O=C(O)C[C@@H](CC(=O)NCc1cccc(F)c1)c1ccccc1. The Kier molecular flexibility index (Phi) is 5.86. The molecule has 0 saturated heterocycles. The summed E-state index contributed by atoms with van der Waals surface area (Å²) in [6.07, 6.45) is -0.0387. The fraction of sp³-hybridized carbons (Fsp3) is 0.222. The molecule has 23 heavy (non-hydrogen) atoms. The summed E-state index contributed by atoms with van der Waals surface area (Å²) in [7, 11) is 0. The summed E-state index contributed by atoms with van der Waals surface area (Å²) in [6.45, 7) is 0.213. The monoisotopic (exact) mass is 315 g/mol.